The number of halogens is 1. The molecule has 0 saturated carbocycles. The van der Waals surface area contributed by atoms with E-state index >= 15 is 0 Å². The van der Waals surface area contributed by atoms with Gasteiger partial charge in [-0.25, -0.2) is 0 Å². The number of thiophene rings is 1. The Bertz CT molecular complexity index is 1170. The summed E-state index contributed by atoms with van der Waals surface area (Å²) >= 11 is 4.84. The molecule has 0 amide bonds. The van der Waals surface area contributed by atoms with Gasteiger partial charge in [0.05, 0.1) is 22.5 Å². The van der Waals surface area contributed by atoms with Crippen LogP contribution in [-0.2, 0) is 0 Å². The second-order valence-electron chi connectivity index (χ2n) is 5.75. The van der Waals surface area contributed by atoms with Crippen LogP contribution in [0.1, 0.15) is 0 Å². The molecular formula is C20H14BrNO3S. The van der Waals surface area contributed by atoms with Crippen molar-refractivity contribution >= 4 is 37.5 Å². The lowest BCUT2D eigenvalue weighted by atomic mass is 10.0. The highest BCUT2D eigenvalue weighted by molar-refractivity contribution is 9.10. The zero-order chi connectivity index (χ0) is 18.3. The fourth-order valence-electron chi connectivity index (χ4n) is 3.00. The molecule has 0 aliphatic carbocycles. The molecule has 6 heteroatoms. The largest absolute Gasteiger partial charge is 0.506 e. The molecule has 0 saturated heterocycles. The monoisotopic (exact) mass is 427 g/mol. The second kappa shape index (κ2) is 6.63. The molecule has 26 heavy (non-hydrogen) atoms. The van der Waals surface area contributed by atoms with Crippen LogP contribution >= 0.6 is 27.3 Å². The molecule has 2 aromatic heterocycles. The number of pyridine rings is 1. The summed E-state index contributed by atoms with van der Waals surface area (Å²) in [4.78, 5) is 16.0. The maximum Gasteiger partial charge on any atom is 0.260 e. The van der Waals surface area contributed by atoms with Crippen LogP contribution < -0.4 is 10.3 Å². The van der Waals surface area contributed by atoms with Crippen molar-refractivity contribution in [1.82, 2.24) is 4.98 Å². The lowest BCUT2D eigenvalue weighted by Gasteiger charge is -2.09. The minimum atomic E-state index is -0.303. The van der Waals surface area contributed by atoms with Crippen LogP contribution in [0.2, 0.25) is 0 Å². The van der Waals surface area contributed by atoms with E-state index in [2.05, 4.69) is 20.9 Å². The number of H-pyrrole nitrogens is 1. The Kier molecular flexibility index (Phi) is 4.30. The highest BCUT2D eigenvalue weighted by atomic mass is 79.9. The molecule has 2 N–H and O–H groups in total. The Morgan fingerprint density at radius 1 is 1.12 bits per heavy atom. The Hall–Kier alpha value is -2.57. The maximum atomic E-state index is 12.5. The van der Waals surface area contributed by atoms with E-state index < -0.39 is 0 Å². The summed E-state index contributed by atoms with van der Waals surface area (Å²) < 4.78 is 6.23. The summed E-state index contributed by atoms with van der Waals surface area (Å²) in [5.74, 6) is 0.696. The van der Waals surface area contributed by atoms with E-state index in [9.17, 15) is 9.90 Å². The summed E-state index contributed by atoms with van der Waals surface area (Å²) in [6.45, 7) is 0. The molecule has 2 heterocycles. The topological polar surface area (TPSA) is 62.3 Å². The normalized spacial score (nSPS) is 11.0. The Morgan fingerprint density at radius 2 is 1.88 bits per heavy atom. The van der Waals surface area contributed by atoms with Crippen molar-refractivity contribution in [2.24, 2.45) is 0 Å². The number of hydrogen-bond donors (Lipinski definition) is 2. The molecule has 4 aromatic rings. The quantitative estimate of drug-likeness (QED) is 0.459. The molecule has 2 aromatic carbocycles. The predicted molar refractivity (Wildman–Crippen MR) is 109 cm³/mol. The molecular weight excluding hydrogens is 414 g/mol. The lowest BCUT2D eigenvalue weighted by molar-refractivity contribution is 0.412. The summed E-state index contributed by atoms with van der Waals surface area (Å²) in [5.41, 5.74) is 2.41. The number of benzene rings is 2. The number of aromatic amines is 1. The molecule has 0 unspecified atom stereocenters. The van der Waals surface area contributed by atoms with Crippen LogP contribution in [0.5, 0.6) is 11.5 Å². The van der Waals surface area contributed by atoms with Gasteiger partial charge in [0, 0.05) is 10.9 Å². The van der Waals surface area contributed by atoms with E-state index in [1.165, 1.54) is 11.3 Å². The minimum absolute atomic E-state index is 0.00640. The highest BCUT2D eigenvalue weighted by Gasteiger charge is 2.19. The fourth-order valence-corrected chi connectivity index (χ4v) is 4.37. The van der Waals surface area contributed by atoms with Crippen LogP contribution in [0.25, 0.3) is 32.5 Å². The minimum Gasteiger partial charge on any atom is -0.506 e. The van der Waals surface area contributed by atoms with Crippen molar-refractivity contribution in [3.8, 4) is 33.8 Å². The summed E-state index contributed by atoms with van der Waals surface area (Å²) in [7, 11) is 1.61. The van der Waals surface area contributed by atoms with Gasteiger partial charge in [-0.05, 0) is 39.2 Å². The van der Waals surface area contributed by atoms with Crippen LogP contribution in [0.15, 0.2) is 63.2 Å². The third kappa shape index (κ3) is 2.71. The van der Waals surface area contributed by atoms with Crippen molar-refractivity contribution < 1.29 is 9.84 Å². The Labute approximate surface area is 161 Å². The number of rotatable bonds is 3. The lowest BCUT2D eigenvalue weighted by Crippen LogP contribution is -2.08. The smallest absolute Gasteiger partial charge is 0.260 e. The number of methoxy groups -OCH3 is 1. The van der Waals surface area contributed by atoms with E-state index in [1.54, 1.807) is 7.11 Å². The molecule has 4 rings (SSSR count). The number of hydrogen-bond acceptors (Lipinski definition) is 4. The number of aromatic hydroxyl groups is 1. The van der Waals surface area contributed by atoms with Gasteiger partial charge in [0.2, 0.25) is 0 Å². The number of aromatic nitrogens is 1. The first kappa shape index (κ1) is 16.9. The summed E-state index contributed by atoms with van der Waals surface area (Å²) in [6.07, 6.45) is 0. The van der Waals surface area contributed by atoms with E-state index in [1.807, 2.05) is 53.9 Å². The van der Waals surface area contributed by atoms with E-state index in [-0.39, 0.29) is 16.9 Å². The van der Waals surface area contributed by atoms with Gasteiger partial charge in [0.1, 0.15) is 16.3 Å². The number of fused-ring (bicyclic) bond motifs is 1. The van der Waals surface area contributed by atoms with Crippen LogP contribution in [0.4, 0.5) is 0 Å². The van der Waals surface area contributed by atoms with Crippen LogP contribution in [-0.4, -0.2) is 17.2 Å². The maximum absolute atomic E-state index is 12.5. The van der Waals surface area contributed by atoms with Gasteiger partial charge in [-0.2, -0.15) is 0 Å². The fraction of sp³-hybridized carbons (Fsp3) is 0.0500. The molecule has 0 bridgehead atoms. The van der Waals surface area contributed by atoms with Crippen molar-refractivity contribution in [2.45, 2.75) is 0 Å². The Morgan fingerprint density at radius 3 is 2.62 bits per heavy atom. The first-order valence-corrected chi connectivity index (χ1v) is 9.53. The van der Waals surface area contributed by atoms with Gasteiger partial charge in [0.25, 0.3) is 5.56 Å². The second-order valence-corrected chi connectivity index (χ2v) is 7.48. The standard InChI is InChI=1S/C20H14BrNO3S/c1-25-15-9-12(7-8-14(15)21)13-10-26-20-17(13)18(23)16(19(24)22-20)11-5-3-2-4-6-11/h2-10H,1H3,(H2,22,23,24). The van der Waals surface area contributed by atoms with Gasteiger partial charge in [-0.1, -0.05) is 36.4 Å². The summed E-state index contributed by atoms with van der Waals surface area (Å²) in [5, 5.41) is 13.5. The van der Waals surface area contributed by atoms with E-state index in [4.69, 9.17) is 4.74 Å². The van der Waals surface area contributed by atoms with Gasteiger partial charge in [0.15, 0.2) is 0 Å². The number of ether oxygens (including phenoxy) is 1. The molecule has 0 aliphatic rings. The molecule has 0 fully saturated rings. The average molecular weight is 428 g/mol. The zero-order valence-electron chi connectivity index (χ0n) is 13.7. The SMILES string of the molecule is COc1cc(-c2csc3[nH]c(=O)c(-c4ccccc4)c(O)c23)ccc1Br. The van der Waals surface area contributed by atoms with Gasteiger partial charge in [-0.3, -0.25) is 4.79 Å². The molecule has 0 atom stereocenters. The van der Waals surface area contributed by atoms with Crippen molar-refractivity contribution in [3.05, 3.63) is 68.7 Å². The van der Waals surface area contributed by atoms with Gasteiger partial charge >= 0.3 is 0 Å². The highest BCUT2D eigenvalue weighted by Crippen LogP contribution is 2.42. The third-order valence-electron chi connectivity index (χ3n) is 4.24. The summed E-state index contributed by atoms with van der Waals surface area (Å²) in [6, 6.07) is 14.9. The first-order valence-electron chi connectivity index (χ1n) is 7.86. The predicted octanol–water partition coefficient (Wildman–Crippen LogP) is 5.40. The van der Waals surface area contributed by atoms with Crippen molar-refractivity contribution in [3.63, 3.8) is 0 Å². The van der Waals surface area contributed by atoms with Crippen molar-refractivity contribution in [2.75, 3.05) is 7.11 Å². The van der Waals surface area contributed by atoms with E-state index in [0.29, 0.717) is 21.5 Å². The zero-order valence-corrected chi connectivity index (χ0v) is 16.1. The van der Waals surface area contributed by atoms with Gasteiger partial charge < -0.3 is 14.8 Å². The van der Waals surface area contributed by atoms with Gasteiger partial charge in [-0.15, -0.1) is 11.3 Å². The van der Waals surface area contributed by atoms with Crippen LogP contribution in [0.3, 0.4) is 0 Å². The molecule has 0 radical (unpaired) electrons. The average Bonchev–Trinajstić information content (AvgIpc) is 3.07. The molecule has 0 spiro atoms. The molecule has 0 aliphatic heterocycles. The Balaban J connectivity index is 2.00. The number of nitrogens with one attached hydrogen (secondary N) is 1. The molecule has 130 valence electrons. The van der Waals surface area contributed by atoms with Crippen LogP contribution in [0, 0.1) is 0 Å². The first-order chi connectivity index (χ1) is 12.6. The van der Waals surface area contributed by atoms with Crippen molar-refractivity contribution in [1.29, 1.82) is 0 Å². The van der Waals surface area contributed by atoms with E-state index in [0.717, 1.165) is 15.6 Å². The molecule has 4 nitrogen and oxygen atoms in total. The third-order valence-corrected chi connectivity index (χ3v) is 5.79.